The molecular formula is C19H17N3OS. The minimum Gasteiger partial charge on any atom is -0.332 e. The number of aryl methyl sites for hydroxylation is 1. The van der Waals surface area contributed by atoms with Gasteiger partial charge in [-0.2, -0.15) is 0 Å². The highest BCUT2D eigenvalue weighted by Crippen LogP contribution is 2.31. The molecule has 0 bridgehead atoms. The lowest BCUT2D eigenvalue weighted by Gasteiger charge is -2.04. The maximum Gasteiger partial charge on any atom is 0.228 e. The smallest absolute Gasteiger partial charge is 0.228 e. The van der Waals surface area contributed by atoms with Gasteiger partial charge in [0.25, 0.3) is 0 Å². The van der Waals surface area contributed by atoms with Crippen molar-refractivity contribution < 1.29 is 4.79 Å². The second-order valence-electron chi connectivity index (χ2n) is 5.81. The largest absolute Gasteiger partial charge is 0.332 e. The molecule has 0 atom stereocenters. The molecule has 0 saturated heterocycles. The summed E-state index contributed by atoms with van der Waals surface area (Å²) in [4.78, 5) is 16.1. The van der Waals surface area contributed by atoms with Gasteiger partial charge in [-0.15, -0.1) is 11.3 Å². The zero-order chi connectivity index (χ0) is 16.5. The summed E-state index contributed by atoms with van der Waals surface area (Å²) >= 11 is 1.58. The molecule has 0 unspecified atom stereocenters. The average molecular weight is 335 g/mol. The number of aromatic nitrogens is 1. The van der Waals surface area contributed by atoms with Crippen LogP contribution in [0.2, 0.25) is 0 Å². The highest BCUT2D eigenvalue weighted by atomic mass is 32.1. The van der Waals surface area contributed by atoms with Gasteiger partial charge in [0.2, 0.25) is 5.91 Å². The molecule has 24 heavy (non-hydrogen) atoms. The number of carbonyl (C=O) groups is 1. The van der Waals surface area contributed by atoms with Gasteiger partial charge in [-0.1, -0.05) is 25.1 Å². The molecule has 2 heterocycles. The van der Waals surface area contributed by atoms with Crippen LogP contribution in [-0.4, -0.2) is 10.9 Å². The van der Waals surface area contributed by atoms with Crippen molar-refractivity contribution in [2.75, 3.05) is 10.6 Å². The standard InChI is InChI=1S/C19H17N3OS/c1-2-12-3-6-15(7-4-12)20-19-22-17(11-24-19)13-5-8-16-14(9-13)10-18(23)21-16/h3-9,11H,2,10H2,1H3,(H,20,22)(H,21,23). The molecule has 3 aromatic rings. The summed E-state index contributed by atoms with van der Waals surface area (Å²) in [5, 5.41) is 9.10. The number of nitrogens with zero attached hydrogens (tertiary/aromatic N) is 1. The molecule has 4 rings (SSSR count). The van der Waals surface area contributed by atoms with Gasteiger partial charge < -0.3 is 10.6 Å². The Labute approximate surface area is 144 Å². The Bertz CT molecular complexity index is 899. The molecule has 120 valence electrons. The predicted molar refractivity (Wildman–Crippen MR) is 99.0 cm³/mol. The van der Waals surface area contributed by atoms with Crippen LogP contribution in [-0.2, 0) is 17.6 Å². The summed E-state index contributed by atoms with van der Waals surface area (Å²) in [6, 6.07) is 14.4. The zero-order valence-electron chi connectivity index (χ0n) is 13.3. The van der Waals surface area contributed by atoms with Crippen molar-refractivity contribution in [2.45, 2.75) is 19.8 Å². The third kappa shape index (κ3) is 2.90. The van der Waals surface area contributed by atoms with Gasteiger partial charge in [0.1, 0.15) is 0 Å². The van der Waals surface area contributed by atoms with Crippen LogP contribution in [0.15, 0.2) is 47.8 Å². The summed E-state index contributed by atoms with van der Waals surface area (Å²) in [5.74, 6) is 0.0540. The quantitative estimate of drug-likeness (QED) is 0.732. The average Bonchev–Trinajstić information content (AvgIpc) is 3.20. The summed E-state index contributed by atoms with van der Waals surface area (Å²) in [6.07, 6.45) is 1.49. The van der Waals surface area contributed by atoms with E-state index in [0.29, 0.717) is 6.42 Å². The van der Waals surface area contributed by atoms with E-state index in [4.69, 9.17) is 0 Å². The number of anilines is 3. The topological polar surface area (TPSA) is 54.0 Å². The Morgan fingerprint density at radius 1 is 1.21 bits per heavy atom. The predicted octanol–water partition coefficient (Wildman–Crippen LogP) is 4.61. The Morgan fingerprint density at radius 3 is 2.83 bits per heavy atom. The maximum absolute atomic E-state index is 11.5. The molecule has 0 aliphatic carbocycles. The molecule has 2 N–H and O–H groups in total. The zero-order valence-corrected chi connectivity index (χ0v) is 14.1. The first kappa shape index (κ1) is 14.9. The maximum atomic E-state index is 11.5. The SMILES string of the molecule is CCc1ccc(Nc2nc(-c3ccc4c(c3)CC(=O)N4)cs2)cc1. The van der Waals surface area contributed by atoms with E-state index in [9.17, 15) is 4.79 Å². The van der Waals surface area contributed by atoms with Crippen LogP contribution in [0.4, 0.5) is 16.5 Å². The van der Waals surface area contributed by atoms with E-state index in [1.165, 1.54) is 5.56 Å². The third-order valence-corrected chi connectivity index (χ3v) is 4.90. The van der Waals surface area contributed by atoms with Gasteiger partial charge in [0, 0.05) is 22.3 Å². The minimum absolute atomic E-state index is 0.0540. The van der Waals surface area contributed by atoms with Crippen molar-refractivity contribution in [1.82, 2.24) is 4.98 Å². The lowest BCUT2D eigenvalue weighted by molar-refractivity contribution is -0.115. The first-order valence-electron chi connectivity index (χ1n) is 7.96. The van der Waals surface area contributed by atoms with E-state index in [-0.39, 0.29) is 5.91 Å². The monoisotopic (exact) mass is 335 g/mol. The van der Waals surface area contributed by atoms with Crippen molar-refractivity contribution in [3.05, 3.63) is 59.0 Å². The number of benzene rings is 2. The molecule has 0 spiro atoms. The van der Waals surface area contributed by atoms with Gasteiger partial charge >= 0.3 is 0 Å². The van der Waals surface area contributed by atoms with Crippen molar-refractivity contribution in [2.24, 2.45) is 0 Å². The molecule has 1 amide bonds. The minimum atomic E-state index is 0.0540. The molecule has 1 aromatic heterocycles. The first-order valence-corrected chi connectivity index (χ1v) is 8.84. The molecule has 0 fully saturated rings. The van der Waals surface area contributed by atoms with Gasteiger partial charge in [0.05, 0.1) is 12.1 Å². The number of carbonyl (C=O) groups excluding carboxylic acids is 1. The lowest BCUT2D eigenvalue weighted by atomic mass is 10.1. The van der Waals surface area contributed by atoms with E-state index >= 15 is 0 Å². The number of fused-ring (bicyclic) bond motifs is 1. The van der Waals surface area contributed by atoms with E-state index in [2.05, 4.69) is 46.8 Å². The van der Waals surface area contributed by atoms with Crippen molar-refractivity contribution in [3.63, 3.8) is 0 Å². The fourth-order valence-electron chi connectivity index (χ4n) is 2.80. The Kier molecular flexibility index (Phi) is 3.78. The van der Waals surface area contributed by atoms with Gasteiger partial charge in [-0.3, -0.25) is 4.79 Å². The summed E-state index contributed by atoms with van der Waals surface area (Å²) in [5.41, 5.74) is 6.27. The molecule has 1 aliphatic heterocycles. The number of hydrogen-bond donors (Lipinski definition) is 2. The highest BCUT2D eigenvalue weighted by molar-refractivity contribution is 7.14. The molecule has 0 saturated carbocycles. The Morgan fingerprint density at radius 2 is 2.04 bits per heavy atom. The number of amides is 1. The first-order chi connectivity index (χ1) is 11.7. The molecular weight excluding hydrogens is 318 g/mol. The summed E-state index contributed by atoms with van der Waals surface area (Å²) < 4.78 is 0. The van der Waals surface area contributed by atoms with E-state index in [0.717, 1.165) is 39.7 Å². The van der Waals surface area contributed by atoms with Crippen molar-refractivity contribution in [3.8, 4) is 11.3 Å². The Balaban J connectivity index is 1.54. The van der Waals surface area contributed by atoms with Gasteiger partial charge in [-0.25, -0.2) is 4.98 Å². The van der Waals surface area contributed by atoms with Crippen LogP contribution in [0, 0.1) is 0 Å². The molecule has 4 nitrogen and oxygen atoms in total. The molecule has 0 radical (unpaired) electrons. The van der Waals surface area contributed by atoms with Crippen LogP contribution in [0.25, 0.3) is 11.3 Å². The van der Waals surface area contributed by atoms with Gasteiger partial charge in [0.15, 0.2) is 5.13 Å². The number of rotatable bonds is 4. The lowest BCUT2D eigenvalue weighted by Crippen LogP contribution is -2.03. The van der Waals surface area contributed by atoms with Crippen LogP contribution < -0.4 is 10.6 Å². The second kappa shape index (κ2) is 6.09. The van der Waals surface area contributed by atoms with Crippen LogP contribution >= 0.6 is 11.3 Å². The van der Waals surface area contributed by atoms with E-state index < -0.39 is 0 Å². The number of hydrogen-bond acceptors (Lipinski definition) is 4. The molecule has 5 heteroatoms. The molecule has 1 aliphatic rings. The summed E-state index contributed by atoms with van der Waals surface area (Å²) in [7, 11) is 0. The van der Waals surface area contributed by atoms with Crippen LogP contribution in [0.3, 0.4) is 0 Å². The highest BCUT2D eigenvalue weighted by Gasteiger charge is 2.18. The second-order valence-corrected chi connectivity index (χ2v) is 6.67. The third-order valence-electron chi connectivity index (χ3n) is 4.14. The van der Waals surface area contributed by atoms with Crippen LogP contribution in [0.5, 0.6) is 0 Å². The fourth-order valence-corrected chi connectivity index (χ4v) is 3.54. The van der Waals surface area contributed by atoms with E-state index in [1.807, 2.05) is 23.6 Å². The van der Waals surface area contributed by atoms with Crippen molar-refractivity contribution >= 4 is 33.8 Å². The Hall–Kier alpha value is -2.66. The van der Waals surface area contributed by atoms with Gasteiger partial charge in [-0.05, 0) is 41.8 Å². The summed E-state index contributed by atoms with van der Waals surface area (Å²) in [6.45, 7) is 2.15. The fraction of sp³-hybridized carbons (Fsp3) is 0.158. The van der Waals surface area contributed by atoms with E-state index in [1.54, 1.807) is 11.3 Å². The number of thiazole rings is 1. The normalized spacial score (nSPS) is 12.8. The van der Waals surface area contributed by atoms with Crippen molar-refractivity contribution in [1.29, 1.82) is 0 Å². The number of nitrogens with one attached hydrogen (secondary N) is 2. The van der Waals surface area contributed by atoms with Crippen LogP contribution in [0.1, 0.15) is 18.1 Å². The molecule has 2 aromatic carbocycles.